The van der Waals surface area contributed by atoms with Gasteiger partial charge in [0.1, 0.15) is 16.9 Å². The summed E-state index contributed by atoms with van der Waals surface area (Å²) in [7, 11) is 0. The van der Waals surface area contributed by atoms with Gasteiger partial charge in [0.05, 0.1) is 15.9 Å². The van der Waals surface area contributed by atoms with Crippen molar-refractivity contribution >= 4 is 34.2 Å². The second-order valence-electron chi connectivity index (χ2n) is 6.93. The Hall–Kier alpha value is -4.18. The molecule has 0 N–H and O–H groups in total. The first-order chi connectivity index (χ1) is 16.1. The first-order valence-electron chi connectivity index (χ1n) is 9.46. The molecule has 4 aromatic rings. The smallest absolute Gasteiger partial charge is 0.450 e. The molecule has 0 saturated carbocycles. The Morgan fingerprint density at radius 2 is 1.71 bits per heavy atom. The van der Waals surface area contributed by atoms with Crippen LogP contribution in [0.4, 0.5) is 18.9 Å². The van der Waals surface area contributed by atoms with Crippen molar-refractivity contribution in [2.75, 3.05) is 0 Å². The van der Waals surface area contributed by atoms with Crippen molar-refractivity contribution in [2.45, 2.75) is 6.18 Å². The highest BCUT2D eigenvalue weighted by atomic mass is 35.5. The van der Waals surface area contributed by atoms with E-state index in [-0.39, 0.29) is 27.3 Å². The average molecular weight is 490 g/mol. The highest BCUT2D eigenvalue weighted by Crippen LogP contribution is 2.39. The highest BCUT2D eigenvalue weighted by Gasteiger charge is 2.40. The van der Waals surface area contributed by atoms with Gasteiger partial charge >= 0.3 is 12.1 Å². The van der Waals surface area contributed by atoms with Crippen LogP contribution in [0.3, 0.4) is 0 Å². The monoisotopic (exact) mass is 489 g/mol. The Bertz CT molecular complexity index is 1510. The quantitative estimate of drug-likeness (QED) is 0.145. The summed E-state index contributed by atoms with van der Waals surface area (Å²) in [6, 6.07) is 13.7. The zero-order valence-corrected chi connectivity index (χ0v) is 17.5. The molecule has 172 valence electrons. The number of halogens is 4. The lowest BCUT2D eigenvalue weighted by Gasteiger charge is -2.14. The van der Waals surface area contributed by atoms with Gasteiger partial charge in [0.15, 0.2) is 0 Å². The van der Waals surface area contributed by atoms with Gasteiger partial charge in [0, 0.05) is 22.7 Å². The van der Waals surface area contributed by atoms with Crippen LogP contribution in [0.1, 0.15) is 16.1 Å². The number of hydrogen-bond acceptors (Lipinski definition) is 6. The van der Waals surface area contributed by atoms with Crippen molar-refractivity contribution in [3.63, 3.8) is 0 Å². The van der Waals surface area contributed by atoms with Crippen LogP contribution >= 0.6 is 11.6 Å². The fraction of sp³-hybridized carbons (Fsp3) is 0.0435. The van der Waals surface area contributed by atoms with Gasteiger partial charge in [-0.25, -0.2) is 4.79 Å². The Balaban J connectivity index is 1.84. The van der Waals surface area contributed by atoms with E-state index >= 15 is 0 Å². The number of para-hydroxylation sites is 1. The second-order valence-corrected chi connectivity index (χ2v) is 7.34. The normalized spacial score (nSPS) is 11.4. The summed E-state index contributed by atoms with van der Waals surface area (Å²) in [4.78, 5) is 35.8. The number of esters is 1. The molecular weight excluding hydrogens is 479 g/mol. The summed E-state index contributed by atoms with van der Waals surface area (Å²) in [6.07, 6.45) is -5.04. The van der Waals surface area contributed by atoms with Crippen molar-refractivity contribution in [1.82, 2.24) is 0 Å². The van der Waals surface area contributed by atoms with E-state index in [1.165, 1.54) is 42.5 Å². The molecule has 4 rings (SSSR count). The minimum Gasteiger partial charge on any atom is -0.450 e. The Morgan fingerprint density at radius 1 is 1.03 bits per heavy atom. The molecule has 11 heteroatoms. The number of rotatable bonds is 4. The first-order valence-corrected chi connectivity index (χ1v) is 9.84. The number of alkyl halides is 3. The number of carbonyl (C=O) groups excluding carboxylic acids is 1. The van der Waals surface area contributed by atoms with Crippen LogP contribution in [0, 0.1) is 10.1 Å². The lowest BCUT2D eigenvalue weighted by Crippen LogP contribution is -2.16. The predicted octanol–water partition coefficient (Wildman–Crippen LogP) is 6.26. The maximum absolute atomic E-state index is 13.8. The third kappa shape index (κ3) is 4.23. The molecule has 0 spiro atoms. The molecule has 0 radical (unpaired) electrons. The molecule has 7 nitrogen and oxygen atoms in total. The Labute approximate surface area is 193 Å². The number of nitro groups is 1. The number of hydrogen-bond donors (Lipinski definition) is 0. The molecule has 0 unspecified atom stereocenters. The maximum Gasteiger partial charge on any atom is 0.450 e. The summed E-state index contributed by atoms with van der Waals surface area (Å²) >= 11 is 6.03. The van der Waals surface area contributed by atoms with E-state index in [0.717, 1.165) is 24.3 Å². The second kappa shape index (κ2) is 8.64. The van der Waals surface area contributed by atoms with E-state index in [9.17, 15) is 32.9 Å². The van der Waals surface area contributed by atoms with Gasteiger partial charge in [0.25, 0.3) is 5.69 Å². The fourth-order valence-corrected chi connectivity index (χ4v) is 3.54. The van der Waals surface area contributed by atoms with Crippen molar-refractivity contribution in [3.05, 3.63) is 103 Å². The standard InChI is InChI=1S/C23H11ClF3NO6/c24-16-7-3-1-5-13(16)19-20(29)15-10-9-12(11-18(15)34-21(19)23(25,26)27)33-22(30)14-6-2-4-8-17(14)28(31)32/h1-11H. The third-order valence-electron chi connectivity index (χ3n) is 4.80. The molecule has 0 aliphatic rings. The summed E-state index contributed by atoms with van der Waals surface area (Å²) in [5.41, 5.74) is -3.27. The van der Waals surface area contributed by atoms with Gasteiger partial charge in [-0.3, -0.25) is 14.9 Å². The number of fused-ring (bicyclic) bond motifs is 1. The van der Waals surface area contributed by atoms with Crippen LogP contribution < -0.4 is 10.2 Å². The van der Waals surface area contributed by atoms with Crippen LogP contribution in [0.2, 0.25) is 5.02 Å². The average Bonchev–Trinajstić information content (AvgIpc) is 2.79. The summed E-state index contributed by atoms with van der Waals surface area (Å²) in [5, 5.41) is 10.8. The van der Waals surface area contributed by atoms with Gasteiger partial charge in [0.2, 0.25) is 11.2 Å². The topological polar surface area (TPSA) is 99.7 Å². The molecular formula is C23H11ClF3NO6. The lowest BCUT2D eigenvalue weighted by atomic mass is 10.0. The van der Waals surface area contributed by atoms with Crippen molar-refractivity contribution in [2.24, 2.45) is 0 Å². The van der Waals surface area contributed by atoms with Gasteiger partial charge < -0.3 is 9.15 Å². The van der Waals surface area contributed by atoms with Crippen LogP contribution in [-0.2, 0) is 6.18 Å². The molecule has 0 saturated heterocycles. The van der Waals surface area contributed by atoms with Crippen molar-refractivity contribution < 1.29 is 32.0 Å². The number of carbonyl (C=O) groups is 1. The molecule has 0 fully saturated rings. The number of nitro benzene ring substituents is 1. The van der Waals surface area contributed by atoms with Gasteiger partial charge in [-0.05, 0) is 24.3 Å². The van der Waals surface area contributed by atoms with E-state index < -0.39 is 45.1 Å². The Kier molecular flexibility index (Phi) is 5.84. The molecule has 0 aliphatic heterocycles. The van der Waals surface area contributed by atoms with Crippen LogP contribution in [-0.4, -0.2) is 10.9 Å². The van der Waals surface area contributed by atoms with Crippen LogP contribution in [0.15, 0.2) is 75.9 Å². The molecule has 0 bridgehead atoms. The zero-order chi connectivity index (χ0) is 24.6. The predicted molar refractivity (Wildman–Crippen MR) is 116 cm³/mol. The first kappa shape index (κ1) is 23.0. The summed E-state index contributed by atoms with van der Waals surface area (Å²) < 4.78 is 51.5. The molecule has 0 aliphatic carbocycles. The van der Waals surface area contributed by atoms with Crippen molar-refractivity contribution in [1.29, 1.82) is 0 Å². The molecule has 1 aromatic heterocycles. The number of ether oxygens (including phenoxy) is 1. The van der Waals surface area contributed by atoms with E-state index in [1.807, 2.05) is 0 Å². The van der Waals surface area contributed by atoms with E-state index in [2.05, 4.69) is 0 Å². The van der Waals surface area contributed by atoms with E-state index in [0.29, 0.717) is 0 Å². The zero-order valence-electron chi connectivity index (χ0n) is 16.8. The lowest BCUT2D eigenvalue weighted by molar-refractivity contribution is -0.385. The summed E-state index contributed by atoms with van der Waals surface area (Å²) in [5.74, 6) is -2.96. The maximum atomic E-state index is 13.8. The van der Waals surface area contributed by atoms with Crippen molar-refractivity contribution in [3.8, 4) is 16.9 Å². The molecule has 34 heavy (non-hydrogen) atoms. The molecule has 3 aromatic carbocycles. The molecule has 1 heterocycles. The number of benzene rings is 3. The third-order valence-corrected chi connectivity index (χ3v) is 5.13. The Morgan fingerprint density at radius 3 is 2.38 bits per heavy atom. The van der Waals surface area contributed by atoms with Gasteiger partial charge in [-0.15, -0.1) is 0 Å². The van der Waals surface area contributed by atoms with Crippen LogP contribution in [0.25, 0.3) is 22.1 Å². The largest absolute Gasteiger partial charge is 0.450 e. The minimum atomic E-state index is -5.04. The molecule has 0 amide bonds. The minimum absolute atomic E-state index is 0.0744. The van der Waals surface area contributed by atoms with E-state index in [4.69, 9.17) is 20.8 Å². The van der Waals surface area contributed by atoms with E-state index in [1.54, 1.807) is 0 Å². The van der Waals surface area contributed by atoms with Gasteiger partial charge in [-0.2, -0.15) is 13.2 Å². The SMILES string of the molecule is O=C(Oc1ccc2c(=O)c(-c3ccccc3Cl)c(C(F)(F)F)oc2c1)c1ccccc1[N+](=O)[O-]. The summed E-state index contributed by atoms with van der Waals surface area (Å²) in [6.45, 7) is 0. The number of nitrogens with zero attached hydrogens (tertiary/aromatic N) is 1. The molecule has 0 atom stereocenters. The fourth-order valence-electron chi connectivity index (χ4n) is 3.31. The highest BCUT2D eigenvalue weighted by molar-refractivity contribution is 6.33. The van der Waals surface area contributed by atoms with Gasteiger partial charge in [-0.1, -0.05) is 41.9 Å². The van der Waals surface area contributed by atoms with Crippen LogP contribution in [0.5, 0.6) is 5.75 Å².